The van der Waals surface area contributed by atoms with Crippen molar-refractivity contribution < 1.29 is 19.4 Å². The number of rotatable bonds is 5. The molecule has 1 aromatic heterocycles. The Kier molecular flexibility index (Phi) is 4.58. The molecule has 2 N–H and O–H groups in total. The lowest BCUT2D eigenvalue weighted by Crippen LogP contribution is -2.22. The van der Waals surface area contributed by atoms with Gasteiger partial charge in [-0.05, 0) is 49.4 Å². The third kappa shape index (κ3) is 3.89. The standard InChI is InChI=1S/C17H13ClN2O5/c1-9(17(22)23)24-11-3-5-12(6-4-11)25-16-15(21)19-14-8-10(18)2-7-13(14)20-16/h2-9H,1H3,(H,19,21)(H,22,23). The summed E-state index contributed by atoms with van der Waals surface area (Å²) in [6, 6.07) is 11.1. The molecule has 1 heterocycles. The number of hydrogen-bond donors (Lipinski definition) is 2. The monoisotopic (exact) mass is 360 g/mol. The Morgan fingerprint density at radius 1 is 1.20 bits per heavy atom. The molecule has 1 unspecified atom stereocenters. The zero-order chi connectivity index (χ0) is 18.0. The molecule has 0 radical (unpaired) electrons. The van der Waals surface area contributed by atoms with Crippen LogP contribution < -0.4 is 15.0 Å². The first kappa shape index (κ1) is 16.8. The summed E-state index contributed by atoms with van der Waals surface area (Å²) >= 11 is 5.88. The maximum Gasteiger partial charge on any atom is 0.344 e. The van der Waals surface area contributed by atoms with E-state index in [1.807, 2.05) is 0 Å². The number of nitrogens with one attached hydrogen (secondary N) is 1. The summed E-state index contributed by atoms with van der Waals surface area (Å²) in [4.78, 5) is 29.7. The van der Waals surface area contributed by atoms with Gasteiger partial charge in [-0.25, -0.2) is 9.78 Å². The lowest BCUT2D eigenvalue weighted by molar-refractivity contribution is -0.144. The van der Waals surface area contributed by atoms with Gasteiger partial charge >= 0.3 is 11.5 Å². The van der Waals surface area contributed by atoms with E-state index >= 15 is 0 Å². The van der Waals surface area contributed by atoms with Gasteiger partial charge < -0.3 is 19.6 Å². The van der Waals surface area contributed by atoms with Crippen molar-refractivity contribution in [1.82, 2.24) is 9.97 Å². The van der Waals surface area contributed by atoms with E-state index in [1.165, 1.54) is 6.92 Å². The normalized spacial score (nSPS) is 11.9. The Morgan fingerprint density at radius 3 is 2.56 bits per heavy atom. The van der Waals surface area contributed by atoms with Crippen LogP contribution in [0, 0.1) is 0 Å². The molecule has 2 aromatic carbocycles. The van der Waals surface area contributed by atoms with Crippen LogP contribution in [0.3, 0.4) is 0 Å². The summed E-state index contributed by atoms with van der Waals surface area (Å²) in [5, 5.41) is 9.31. The number of halogens is 1. The van der Waals surface area contributed by atoms with Crippen LogP contribution in [0.1, 0.15) is 6.92 Å². The second-order valence-corrected chi connectivity index (χ2v) is 5.64. The number of benzene rings is 2. The van der Waals surface area contributed by atoms with Gasteiger partial charge in [-0.1, -0.05) is 11.6 Å². The zero-order valence-electron chi connectivity index (χ0n) is 13.0. The molecule has 8 heteroatoms. The molecule has 0 bridgehead atoms. The Labute approximate surface area is 146 Å². The average molecular weight is 361 g/mol. The van der Waals surface area contributed by atoms with Gasteiger partial charge in [0.05, 0.1) is 11.0 Å². The SMILES string of the molecule is CC(Oc1ccc(Oc2nc3ccc(Cl)cc3[nH]c2=O)cc1)C(=O)O. The highest BCUT2D eigenvalue weighted by Crippen LogP contribution is 2.23. The molecule has 3 rings (SSSR count). The topological polar surface area (TPSA) is 102 Å². The number of aromatic nitrogens is 2. The van der Waals surface area contributed by atoms with Crippen LogP contribution in [-0.2, 0) is 4.79 Å². The summed E-state index contributed by atoms with van der Waals surface area (Å²) in [5.74, 6) is -0.436. The number of aliphatic carboxylic acids is 1. The highest BCUT2D eigenvalue weighted by molar-refractivity contribution is 6.31. The van der Waals surface area contributed by atoms with Crippen molar-refractivity contribution in [2.75, 3.05) is 0 Å². The minimum atomic E-state index is -1.06. The van der Waals surface area contributed by atoms with E-state index in [-0.39, 0.29) is 5.88 Å². The van der Waals surface area contributed by atoms with E-state index in [1.54, 1.807) is 42.5 Å². The summed E-state index contributed by atoms with van der Waals surface area (Å²) < 4.78 is 10.7. The van der Waals surface area contributed by atoms with Crippen molar-refractivity contribution >= 4 is 28.6 Å². The van der Waals surface area contributed by atoms with Crippen LogP contribution in [0.4, 0.5) is 0 Å². The van der Waals surface area contributed by atoms with Gasteiger partial charge in [0, 0.05) is 5.02 Å². The van der Waals surface area contributed by atoms with Crippen molar-refractivity contribution in [3.05, 3.63) is 57.8 Å². The first-order chi connectivity index (χ1) is 11.9. The highest BCUT2D eigenvalue weighted by Gasteiger charge is 2.13. The van der Waals surface area contributed by atoms with Gasteiger partial charge in [-0.15, -0.1) is 0 Å². The minimum Gasteiger partial charge on any atom is -0.479 e. The predicted molar refractivity (Wildman–Crippen MR) is 91.6 cm³/mol. The summed E-state index contributed by atoms with van der Waals surface area (Å²) in [7, 11) is 0. The Bertz CT molecular complexity index is 984. The fraction of sp³-hybridized carbons (Fsp3) is 0.118. The lowest BCUT2D eigenvalue weighted by atomic mass is 10.3. The number of carbonyl (C=O) groups is 1. The lowest BCUT2D eigenvalue weighted by Gasteiger charge is -2.11. The number of H-pyrrole nitrogens is 1. The molecule has 0 fully saturated rings. The van der Waals surface area contributed by atoms with Gasteiger partial charge in [-0.3, -0.25) is 4.79 Å². The van der Waals surface area contributed by atoms with Crippen molar-refractivity contribution in [2.45, 2.75) is 13.0 Å². The molecule has 128 valence electrons. The van der Waals surface area contributed by atoms with Crippen LogP contribution in [0.5, 0.6) is 17.4 Å². The number of carboxylic acids is 1. The van der Waals surface area contributed by atoms with E-state index in [0.717, 1.165) is 0 Å². The first-order valence-corrected chi connectivity index (χ1v) is 7.67. The van der Waals surface area contributed by atoms with Crippen LogP contribution in [-0.4, -0.2) is 27.1 Å². The van der Waals surface area contributed by atoms with E-state index < -0.39 is 17.6 Å². The molecular weight excluding hydrogens is 348 g/mol. The van der Waals surface area contributed by atoms with Crippen LogP contribution in [0.2, 0.25) is 5.02 Å². The second kappa shape index (κ2) is 6.82. The molecule has 0 aliphatic carbocycles. The molecule has 3 aromatic rings. The predicted octanol–water partition coefficient (Wildman–Crippen LogP) is 3.22. The van der Waals surface area contributed by atoms with Gasteiger partial charge in [0.2, 0.25) is 0 Å². The Hall–Kier alpha value is -3.06. The molecule has 7 nitrogen and oxygen atoms in total. The third-order valence-electron chi connectivity index (χ3n) is 3.32. The maximum atomic E-state index is 12.1. The molecule has 0 spiro atoms. The number of hydrogen-bond acceptors (Lipinski definition) is 5. The molecular formula is C17H13ClN2O5. The number of aromatic amines is 1. The number of ether oxygens (including phenoxy) is 2. The van der Waals surface area contributed by atoms with Crippen molar-refractivity contribution in [2.24, 2.45) is 0 Å². The molecule has 1 atom stereocenters. The number of carboxylic acid groups (broad SMARTS) is 1. The summed E-state index contributed by atoms with van der Waals surface area (Å²) in [6.07, 6.45) is -0.969. The molecule has 0 saturated carbocycles. The Balaban J connectivity index is 1.81. The molecule has 0 aliphatic rings. The quantitative estimate of drug-likeness (QED) is 0.724. The molecule has 25 heavy (non-hydrogen) atoms. The molecule has 0 saturated heterocycles. The van der Waals surface area contributed by atoms with Gasteiger partial charge in [-0.2, -0.15) is 0 Å². The van der Waals surface area contributed by atoms with E-state index in [4.69, 9.17) is 26.2 Å². The Morgan fingerprint density at radius 2 is 1.88 bits per heavy atom. The zero-order valence-corrected chi connectivity index (χ0v) is 13.8. The van der Waals surface area contributed by atoms with E-state index in [9.17, 15) is 9.59 Å². The highest BCUT2D eigenvalue weighted by atomic mass is 35.5. The smallest absolute Gasteiger partial charge is 0.344 e. The van der Waals surface area contributed by atoms with E-state index in [0.29, 0.717) is 27.6 Å². The maximum absolute atomic E-state index is 12.1. The molecule has 0 aliphatic heterocycles. The number of fused-ring (bicyclic) bond motifs is 1. The summed E-state index contributed by atoms with van der Waals surface area (Å²) in [6.45, 7) is 1.43. The number of nitrogens with zero attached hydrogens (tertiary/aromatic N) is 1. The van der Waals surface area contributed by atoms with Crippen molar-refractivity contribution in [1.29, 1.82) is 0 Å². The third-order valence-corrected chi connectivity index (χ3v) is 3.56. The largest absolute Gasteiger partial charge is 0.479 e. The average Bonchev–Trinajstić information content (AvgIpc) is 2.57. The first-order valence-electron chi connectivity index (χ1n) is 7.29. The van der Waals surface area contributed by atoms with Gasteiger partial charge in [0.25, 0.3) is 5.88 Å². The van der Waals surface area contributed by atoms with Crippen molar-refractivity contribution in [3.63, 3.8) is 0 Å². The van der Waals surface area contributed by atoms with Crippen LogP contribution in [0.25, 0.3) is 11.0 Å². The van der Waals surface area contributed by atoms with Crippen LogP contribution >= 0.6 is 11.6 Å². The minimum absolute atomic E-state index is 0.109. The van der Waals surface area contributed by atoms with Gasteiger partial charge in [0.15, 0.2) is 6.10 Å². The summed E-state index contributed by atoms with van der Waals surface area (Å²) in [5.41, 5.74) is 0.556. The van der Waals surface area contributed by atoms with Crippen molar-refractivity contribution in [3.8, 4) is 17.4 Å². The fourth-order valence-corrected chi connectivity index (χ4v) is 2.24. The molecule has 0 amide bonds. The van der Waals surface area contributed by atoms with Gasteiger partial charge in [0.1, 0.15) is 11.5 Å². The fourth-order valence-electron chi connectivity index (χ4n) is 2.06. The second-order valence-electron chi connectivity index (χ2n) is 5.20. The van der Waals surface area contributed by atoms with E-state index in [2.05, 4.69) is 9.97 Å². The van der Waals surface area contributed by atoms with Crippen LogP contribution in [0.15, 0.2) is 47.3 Å².